The highest BCUT2D eigenvalue weighted by Gasteiger charge is 2.11. The third-order valence-electron chi connectivity index (χ3n) is 3.39. The van der Waals surface area contributed by atoms with Crippen LogP contribution in [0.15, 0.2) is 60.7 Å². The monoisotopic (exact) mass is 202 g/mol. The van der Waals surface area contributed by atoms with Gasteiger partial charge in [-0.2, -0.15) is 0 Å². The van der Waals surface area contributed by atoms with E-state index in [9.17, 15) is 0 Å². The van der Waals surface area contributed by atoms with E-state index in [4.69, 9.17) is 0 Å². The van der Waals surface area contributed by atoms with E-state index in [1.807, 2.05) is 0 Å². The second kappa shape index (κ2) is 2.73. The molecule has 3 aromatic rings. The zero-order valence-electron chi connectivity index (χ0n) is 8.77. The summed E-state index contributed by atoms with van der Waals surface area (Å²) < 4.78 is 0. The van der Waals surface area contributed by atoms with Gasteiger partial charge in [-0.05, 0) is 45.2 Å². The van der Waals surface area contributed by atoms with Gasteiger partial charge in [-0.3, -0.25) is 0 Å². The van der Waals surface area contributed by atoms with Gasteiger partial charge in [0.15, 0.2) is 0 Å². The van der Waals surface area contributed by atoms with Crippen molar-refractivity contribution in [3.63, 3.8) is 0 Å². The van der Waals surface area contributed by atoms with Gasteiger partial charge in [-0.25, -0.2) is 0 Å². The molecule has 0 heteroatoms. The highest BCUT2D eigenvalue weighted by atomic mass is 14.1. The molecule has 2 aliphatic carbocycles. The van der Waals surface area contributed by atoms with Gasteiger partial charge in [0.2, 0.25) is 0 Å². The summed E-state index contributed by atoms with van der Waals surface area (Å²) in [7, 11) is 0. The van der Waals surface area contributed by atoms with Crippen molar-refractivity contribution in [2.45, 2.75) is 0 Å². The van der Waals surface area contributed by atoms with Gasteiger partial charge < -0.3 is 0 Å². The van der Waals surface area contributed by atoms with E-state index >= 15 is 0 Å². The van der Waals surface area contributed by atoms with Crippen LogP contribution in [0.1, 0.15) is 0 Å². The third-order valence-corrected chi connectivity index (χ3v) is 3.39. The maximum Gasteiger partial charge on any atom is -0.00992 e. The maximum absolute atomic E-state index is 2.30. The van der Waals surface area contributed by atoms with Crippen molar-refractivity contribution in [2.75, 3.05) is 0 Å². The smallest absolute Gasteiger partial charge is 0.00992 e. The van der Waals surface area contributed by atoms with Crippen LogP contribution in [0.3, 0.4) is 0 Å². The molecule has 0 aliphatic heterocycles. The molecule has 0 heterocycles. The SMILES string of the molecule is c1ccc2c3cc(cc2c1)-c1ccc-3cc1. The lowest BCUT2D eigenvalue weighted by Gasteiger charge is -2.05. The van der Waals surface area contributed by atoms with Crippen molar-refractivity contribution >= 4 is 10.8 Å². The van der Waals surface area contributed by atoms with Crippen LogP contribution in [0.5, 0.6) is 0 Å². The van der Waals surface area contributed by atoms with Crippen LogP contribution in [0.2, 0.25) is 0 Å². The van der Waals surface area contributed by atoms with Crippen LogP contribution in [-0.2, 0) is 0 Å². The highest BCUT2D eigenvalue weighted by Crippen LogP contribution is 2.37. The summed E-state index contributed by atoms with van der Waals surface area (Å²) in [6.07, 6.45) is 0. The van der Waals surface area contributed by atoms with Crippen molar-refractivity contribution in [2.24, 2.45) is 0 Å². The molecule has 0 amide bonds. The molecule has 0 saturated carbocycles. The van der Waals surface area contributed by atoms with Crippen LogP contribution in [0.25, 0.3) is 33.0 Å². The molecule has 5 rings (SSSR count). The number of hydrogen-bond acceptors (Lipinski definition) is 0. The van der Waals surface area contributed by atoms with Crippen LogP contribution in [0, 0.1) is 0 Å². The van der Waals surface area contributed by atoms with Gasteiger partial charge >= 0.3 is 0 Å². The fraction of sp³-hybridized carbons (Fsp3) is 0. The highest BCUT2D eigenvalue weighted by molar-refractivity contribution is 6.01. The molecular formula is C16H10. The zero-order chi connectivity index (χ0) is 10.5. The topological polar surface area (TPSA) is 0 Å². The Morgan fingerprint density at radius 1 is 0.562 bits per heavy atom. The Labute approximate surface area is 94.2 Å². The van der Waals surface area contributed by atoms with E-state index in [0.717, 1.165) is 0 Å². The molecule has 0 saturated heterocycles. The molecule has 0 spiro atoms. The molecule has 0 aromatic heterocycles. The number of rotatable bonds is 0. The molecule has 16 heavy (non-hydrogen) atoms. The fourth-order valence-electron chi connectivity index (χ4n) is 2.56. The van der Waals surface area contributed by atoms with Gasteiger partial charge in [0.05, 0.1) is 0 Å². The number of fused-ring (bicyclic) bond motifs is 3. The van der Waals surface area contributed by atoms with Crippen molar-refractivity contribution < 1.29 is 0 Å². The van der Waals surface area contributed by atoms with E-state index in [0.29, 0.717) is 0 Å². The van der Waals surface area contributed by atoms with Crippen LogP contribution in [0.4, 0.5) is 0 Å². The van der Waals surface area contributed by atoms with Gasteiger partial charge in [0.1, 0.15) is 0 Å². The van der Waals surface area contributed by atoms with Gasteiger partial charge in [-0.1, -0.05) is 48.5 Å². The average Bonchev–Trinajstić information content (AvgIpc) is 2.58. The number of benzene rings is 3. The summed E-state index contributed by atoms with van der Waals surface area (Å²) in [5.41, 5.74) is 5.31. The van der Waals surface area contributed by atoms with Crippen LogP contribution >= 0.6 is 0 Å². The van der Waals surface area contributed by atoms with E-state index in [1.165, 1.54) is 33.0 Å². The molecule has 74 valence electrons. The molecule has 0 fully saturated rings. The first kappa shape index (κ1) is 8.12. The predicted molar refractivity (Wildman–Crippen MR) is 68.4 cm³/mol. The lowest BCUT2D eigenvalue weighted by atomic mass is 9.98. The largest absolute Gasteiger partial charge is 0.0616 e. The minimum atomic E-state index is 1.31. The Morgan fingerprint density at radius 3 is 2.19 bits per heavy atom. The molecule has 0 atom stereocenters. The summed E-state index contributed by atoms with van der Waals surface area (Å²) in [6.45, 7) is 0. The molecule has 2 aliphatic rings. The third kappa shape index (κ3) is 0.938. The Bertz CT molecular complexity index is 691. The quantitative estimate of drug-likeness (QED) is 0.394. The molecule has 0 N–H and O–H groups in total. The first-order valence-electron chi connectivity index (χ1n) is 5.55. The molecule has 0 radical (unpaired) electrons. The predicted octanol–water partition coefficient (Wildman–Crippen LogP) is 4.49. The molecule has 0 unspecified atom stereocenters. The van der Waals surface area contributed by atoms with Crippen LogP contribution < -0.4 is 0 Å². The Kier molecular flexibility index (Phi) is 1.39. The zero-order valence-corrected chi connectivity index (χ0v) is 8.77. The average molecular weight is 202 g/mol. The van der Waals surface area contributed by atoms with Crippen molar-refractivity contribution in [3.8, 4) is 22.3 Å². The Hall–Kier alpha value is -2.08. The first-order chi connectivity index (χ1) is 7.92. The van der Waals surface area contributed by atoms with Gasteiger partial charge in [0, 0.05) is 0 Å². The second-order valence-electron chi connectivity index (χ2n) is 4.32. The van der Waals surface area contributed by atoms with Crippen molar-refractivity contribution in [1.82, 2.24) is 0 Å². The molecule has 3 aromatic carbocycles. The minimum Gasteiger partial charge on any atom is -0.0616 e. The summed E-state index contributed by atoms with van der Waals surface area (Å²) in [6, 6.07) is 22.0. The standard InChI is InChI=1S/C16H10/c1-2-4-15-13(3-1)9-14-10-16(15)12-7-5-11(14)6-8-12/h1-10H. The van der Waals surface area contributed by atoms with Crippen molar-refractivity contribution in [3.05, 3.63) is 60.7 Å². The minimum absolute atomic E-state index is 1.31. The lowest BCUT2D eigenvalue weighted by Crippen LogP contribution is -1.79. The first-order valence-corrected chi connectivity index (χ1v) is 5.55. The fourth-order valence-corrected chi connectivity index (χ4v) is 2.56. The normalized spacial score (nSPS) is 11.8. The van der Waals surface area contributed by atoms with E-state index in [2.05, 4.69) is 60.7 Å². The van der Waals surface area contributed by atoms with Crippen LogP contribution in [-0.4, -0.2) is 0 Å². The Morgan fingerprint density at radius 2 is 1.31 bits per heavy atom. The van der Waals surface area contributed by atoms with E-state index < -0.39 is 0 Å². The van der Waals surface area contributed by atoms with Gasteiger partial charge in [0.25, 0.3) is 0 Å². The number of hydrogen-bond donors (Lipinski definition) is 0. The van der Waals surface area contributed by atoms with Gasteiger partial charge in [-0.15, -0.1) is 0 Å². The summed E-state index contributed by atoms with van der Waals surface area (Å²) >= 11 is 0. The summed E-state index contributed by atoms with van der Waals surface area (Å²) in [5.74, 6) is 0. The summed E-state index contributed by atoms with van der Waals surface area (Å²) in [4.78, 5) is 0. The molecule has 0 nitrogen and oxygen atoms in total. The van der Waals surface area contributed by atoms with E-state index in [1.54, 1.807) is 0 Å². The molecular weight excluding hydrogens is 192 g/mol. The molecule has 4 bridgehead atoms. The van der Waals surface area contributed by atoms with E-state index in [-0.39, 0.29) is 0 Å². The second-order valence-corrected chi connectivity index (χ2v) is 4.32. The maximum atomic E-state index is 2.30. The lowest BCUT2D eigenvalue weighted by molar-refractivity contribution is 1.72. The Balaban J connectivity index is 2.30. The summed E-state index contributed by atoms with van der Waals surface area (Å²) in [5, 5.41) is 2.68. The van der Waals surface area contributed by atoms with Crippen molar-refractivity contribution in [1.29, 1.82) is 0 Å².